The van der Waals surface area contributed by atoms with Crippen molar-refractivity contribution >= 4 is 27.5 Å². The molecule has 0 spiro atoms. The predicted molar refractivity (Wildman–Crippen MR) is 115 cm³/mol. The Kier molecular flexibility index (Phi) is 8.71. The summed E-state index contributed by atoms with van der Waals surface area (Å²) in [5.74, 6) is -1.28. The lowest BCUT2D eigenvalue weighted by atomic mass is 10.0. The molecule has 11 heteroatoms. The second-order valence-electron chi connectivity index (χ2n) is 6.56. The van der Waals surface area contributed by atoms with Gasteiger partial charge in [-0.3, -0.25) is 0 Å². The van der Waals surface area contributed by atoms with E-state index in [1.54, 1.807) is 13.8 Å². The third-order valence-corrected chi connectivity index (χ3v) is 5.47. The molecule has 0 aliphatic rings. The van der Waals surface area contributed by atoms with Gasteiger partial charge in [0.15, 0.2) is 9.84 Å². The number of halogens is 1. The summed E-state index contributed by atoms with van der Waals surface area (Å²) in [7, 11) is -3.37. The van der Waals surface area contributed by atoms with Crippen LogP contribution in [0.15, 0.2) is 58.7 Å². The number of esters is 1. The lowest BCUT2D eigenvalue weighted by molar-refractivity contribution is -0.710. The van der Waals surface area contributed by atoms with Gasteiger partial charge in [0.05, 0.1) is 28.5 Å². The van der Waals surface area contributed by atoms with Gasteiger partial charge in [0.1, 0.15) is 5.82 Å². The highest BCUT2D eigenvalue weighted by atomic mass is 32.2. The van der Waals surface area contributed by atoms with Gasteiger partial charge in [-0.1, -0.05) is 24.3 Å². The van der Waals surface area contributed by atoms with Gasteiger partial charge in [-0.25, -0.2) is 17.6 Å². The molecule has 0 atom stereocenters. The largest absolute Gasteiger partial charge is 0.569 e. The van der Waals surface area contributed by atoms with E-state index in [1.807, 2.05) is 0 Å². The van der Waals surface area contributed by atoms with Crippen LogP contribution in [-0.2, 0) is 24.2 Å². The molecule has 0 saturated carbocycles. The summed E-state index contributed by atoms with van der Waals surface area (Å²) < 4.78 is 41.6. The summed E-state index contributed by atoms with van der Waals surface area (Å²) in [5, 5.41) is 16.3. The first-order valence-electron chi connectivity index (χ1n) is 9.65. The Balaban J connectivity index is 2.22. The number of ether oxygens (including phenoxy) is 1. The van der Waals surface area contributed by atoms with Crippen LogP contribution < -0.4 is 0 Å². The average Bonchev–Trinajstić information content (AvgIpc) is 2.76. The topological polar surface area (TPSA) is 111 Å². The Labute approximate surface area is 185 Å². The van der Waals surface area contributed by atoms with Gasteiger partial charge in [-0.05, 0) is 55.3 Å². The van der Waals surface area contributed by atoms with Crippen molar-refractivity contribution in [2.75, 3.05) is 26.1 Å². The quantitative estimate of drug-likeness (QED) is 0.0772. The van der Waals surface area contributed by atoms with Crippen LogP contribution in [0.3, 0.4) is 0 Å². The maximum Gasteiger partial charge on any atom is 0.341 e. The molecule has 2 aromatic carbocycles. The highest BCUT2D eigenvalue weighted by Crippen LogP contribution is 2.21. The fourth-order valence-electron chi connectivity index (χ4n) is 2.62. The van der Waals surface area contributed by atoms with Crippen LogP contribution in [0.25, 0.3) is 11.6 Å². The van der Waals surface area contributed by atoms with Gasteiger partial charge >= 0.3 is 5.97 Å². The van der Waals surface area contributed by atoms with Crippen molar-refractivity contribution in [2.24, 2.45) is 5.28 Å². The van der Waals surface area contributed by atoms with Gasteiger partial charge in [0.25, 0.3) is 6.79 Å². The number of nitrogens with zero attached hydrogens (tertiary/aromatic N) is 3. The van der Waals surface area contributed by atoms with Crippen LogP contribution in [0.2, 0.25) is 0 Å². The Morgan fingerprint density at radius 1 is 1.12 bits per heavy atom. The smallest absolute Gasteiger partial charge is 0.341 e. The first kappa shape index (κ1) is 24.8. The van der Waals surface area contributed by atoms with Crippen LogP contribution in [0.5, 0.6) is 0 Å². The number of hydrogen-bond donors (Lipinski definition) is 0. The molecule has 172 valence electrons. The molecule has 2 rings (SSSR count). The molecule has 9 nitrogen and oxygen atoms in total. The molecule has 0 radical (unpaired) electrons. The van der Waals surface area contributed by atoms with E-state index < -0.39 is 28.4 Å². The van der Waals surface area contributed by atoms with Crippen molar-refractivity contribution in [3.05, 3.63) is 70.7 Å². The van der Waals surface area contributed by atoms with E-state index in [0.717, 1.165) is 6.26 Å². The first-order valence-corrected chi connectivity index (χ1v) is 11.5. The molecule has 0 heterocycles. The molecule has 0 unspecified atom stereocenters. The Bertz CT molecular complexity index is 1080. The molecule has 0 aromatic heterocycles. The van der Waals surface area contributed by atoms with Crippen molar-refractivity contribution in [3.63, 3.8) is 0 Å². The number of carbonyl (C=O) groups excluding carboxylic acids is 1. The summed E-state index contributed by atoms with van der Waals surface area (Å²) in [4.78, 5) is 17.8. The maximum atomic E-state index is 13.3. The van der Waals surface area contributed by atoms with Gasteiger partial charge in [0.2, 0.25) is 5.28 Å². The highest BCUT2D eigenvalue weighted by Gasteiger charge is 2.16. The first-order chi connectivity index (χ1) is 15.2. The normalized spacial score (nSPS) is 12.4. The van der Waals surface area contributed by atoms with Crippen molar-refractivity contribution < 1.29 is 32.1 Å². The average molecular weight is 466 g/mol. The minimum absolute atomic E-state index is 0.0726. The fraction of sp³-hybridized carbons (Fsp3) is 0.286. The van der Waals surface area contributed by atoms with Crippen LogP contribution in [0.4, 0.5) is 4.39 Å². The fourth-order valence-corrected chi connectivity index (χ4v) is 3.25. The lowest BCUT2D eigenvalue weighted by Gasteiger charge is -2.13. The zero-order valence-electron chi connectivity index (χ0n) is 17.9. The standard InChI is InChI=1S/C21H24FN3O6S/c1-4-24(5-2)25(27)23-31-15-30-21(26)20(17-8-10-18(22)11-9-17)14-16-6-12-19(13-7-16)32(3,28)29/h6-14H,4-5,15H2,1-3H3/b20-14+,25-23+. The van der Waals surface area contributed by atoms with Crippen LogP contribution in [0, 0.1) is 11.0 Å². The third kappa shape index (κ3) is 7.05. The molecular weight excluding hydrogens is 441 g/mol. The highest BCUT2D eigenvalue weighted by molar-refractivity contribution is 7.90. The lowest BCUT2D eigenvalue weighted by Crippen LogP contribution is -2.30. The molecule has 2 aromatic rings. The zero-order valence-corrected chi connectivity index (χ0v) is 18.7. The van der Waals surface area contributed by atoms with Gasteiger partial charge in [0, 0.05) is 6.26 Å². The molecule has 0 aliphatic heterocycles. The third-order valence-electron chi connectivity index (χ3n) is 4.34. The molecule has 0 amide bonds. The molecule has 0 bridgehead atoms. The van der Waals surface area contributed by atoms with Crippen molar-refractivity contribution in [1.29, 1.82) is 0 Å². The summed E-state index contributed by atoms with van der Waals surface area (Å²) in [6.07, 6.45) is 2.56. The van der Waals surface area contributed by atoms with E-state index in [1.165, 1.54) is 59.6 Å². The van der Waals surface area contributed by atoms with Gasteiger partial charge in [-0.2, -0.15) is 0 Å². The summed E-state index contributed by atoms with van der Waals surface area (Å²) in [5.41, 5.74) is 0.962. The second kappa shape index (κ2) is 11.2. The van der Waals surface area contributed by atoms with Gasteiger partial charge in [-0.15, -0.1) is 5.01 Å². The van der Waals surface area contributed by atoms with Crippen molar-refractivity contribution in [3.8, 4) is 0 Å². The molecule has 0 aliphatic carbocycles. The Hall–Kier alpha value is -3.47. The summed E-state index contributed by atoms with van der Waals surface area (Å²) in [6.45, 7) is 3.76. The van der Waals surface area contributed by atoms with Crippen LogP contribution >= 0.6 is 0 Å². The van der Waals surface area contributed by atoms with Crippen LogP contribution in [-0.4, -0.2) is 50.5 Å². The van der Waals surface area contributed by atoms with E-state index in [4.69, 9.17) is 9.57 Å². The molecule has 0 N–H and O–H groups in total. The van der Waals surface area contributed by atoms with E-state index in [9.17, 15) is 22.8 Å². The number of sulfone groups is 1. The number of hydrogen-bond acceptors (Lipinski definition) is 7. The van der Waals surface area contributed by atoms with E-state index in [2.05, 4.69) is 5.28 Å². The number of rotatable bonds is 10. The van der Waals surface area contributed by atoms with Crippen molar-refractivity contribution in [1.82, 2.24) is 5.01 Å². The Morgan fingerprint density at radius 2 is 1.72 bits per heavy atom. The second-order valence-corrected chi connectivity index (χ2v) is 8.57. The number of hydrazine groups is 1. The summed E-state index contributed by atoms with van der Waals surface area (Å²) in [6, 6.07) is 11.1. The van der Waals surface area contributed by atoms with E-state index in [0.29, 0.717) is 24.2 Å². The maximum absolute atomic E-state index is 13.3. The predicted octanol–water partition coefficient (Wildman–Crippen LogP) is 3.42. The molecule has 0 fully saturated rings. The Morgan fingerprint density at radius 3 is 2.25 bits per heavy atom. The van der Waals surface area contributed by atoms with Crippen LogP contribution in [0.1, 0.15) is 25.0 Å². The van der Waals surface area contributed by atoms with Gasteiger partial charge < -0.3 is 14.8 Å². The summed E-state index contributed by atoms with van der Waals surface area (Å²) >= 11 is 0. The monoisotopic (exact) mass is 465 g/mol. The minimum Gasteiger partial charge on any atom is -0.569 e. The van der Waals surface area contributed by atoms with Crippen molar-refractivity contribution in [2.45, 2.75) is 18.7 Å². The molecular formula is C21H24FN3O6S. The number of carbonyl (C=O) groups is 1. The van der Waals surface area contributed by atoms with E-state index in [-0.39, 0.29) is 15.4 Å². The SMILES string of the molecule is CCN(CC)/[N+]([O-])=N\OCOC(=O)/C(=C/c1ccc(S(C)(=O)=O)cc1)c1ccc(F)cc1. The zero-order chi connectivity index (χ0) is 23.7. The molecule has 32 heavy (non-hydrogen) atoms. The van der Waals surface area contributed by atoms with E-state index >= 15 is 0 Å². The number of benzene rings is 2. The molecule has 0 saturated heterocycles. The minimum atomic E-state index is -3.37.